The van der Waals surface area contributed by atoms with Crippen molar-refractivity contribution in [2.45, 2.75) is 36.0 Å². The van der Waals surface area contributed by atoms with Gasteiger partial charge in [-0.2, -0.15) is 0 Å². The van der Waals surface area contributed by atoms with Crippen molar-refractivity contribution < 1.29 is 17.9 Å². The molecule has 0 spiro atoms. The molecule has 1 N–H and O–H groups in total. The molecule has 0 bridgehead atoms. The van der Waals surface area contributed by atoms with Crippen molar-refractivity contribution >= 4 is 33.4 Å². The molecule has 30 heavy (non-hydrogen) atoms. The molecule has 2 aromatic rings. The predicted molar refractivity (Wildman–Crippen MR) is 121 cm³/mol. The highest BCUT2D eigenvalue weighted by atomic mass is 32.2. The number of nitrogens with one attached hydrogen (secondary N) is 1. The first-order valence-corrected chi connectivity index (χ1v) is 12.8. The summed E-state index contributed by atoms with van der Waals surface area (Å²) in [5, 5.41) is 0. The first kappa shape index (κ1) is 22.7. The molecule has 0 aromatic heterocycles. The fraction of sp³-hybridized carbons (Fsp3) is 0.409. The van der Waals surface area contributed by atoms with E-state index in [9.17, 15) is 13.2 Å². The predicted octanol–water partition coefficient (Wildman–Crippen LogP) is 4.02. The number of nitrogens with zero attached hydrogens (tertiary/aromatic N) is 1. The number of morpholine rings is 1. The van der Waals surface area contributed by atoms with Crippen LogP contribution in [0.25, 0.3) is 0 Å². The second-order valence-corrected chi connectivity index (χ2v) is 9.70. The number of thioether (sulfide) groups is 1. The van der Waals surface area contributed by atoms with Crippen LogP contribution >= 0.6 is 11.8 Å². The first-order chi connectivity index (χ1) is 14.4. The molecular formula is C22H28N2O4S2. The smallest absolute Gasteiger partial charge is 0.261 e. The summed E-state index contributed by atoms with van der Waals surface area (Å²) in [6, 6.07) is 12.1. The number of sulfonamides is 1. The minimum absolute atomic E-state index is 0.0759. The van der Waals surface area contributed by atoms with Gasteiger partial charge in [-0.05, 0) is 55.0 Å². The molecule has 8 heteroatoms. The molecule has 3 rings (SSSR count). The van der Waals surface area contributed by atoms with E-state index in [0.717, 1.165) is 24.2 Å². The monoisotopic (exact) mass is 448 g/mol. The Labute approximate surface area is 183 Å². The second-order valence-electron chi connectivity index (χ2n) is 7.17. The molecule has 6 nitrogen and oxygen atoms in total. The van der Waals surface area contributed by atoms with Crippen molar-refractivity contribution in [3.63, 3.8) is 0 Å². The topological polar surface area (TPSA) is 75.7 Å². The zero-order valence-electron chi connectivity index (χ0n) is 17.4. The van der Waals surface area contributed by atoms with Gasteiger partial charge in [-0.3, -0.25) is 9.52 Å². The summed E-state index contributed by atoms with van der Waals surface area (Å²) in [7, 11) is -3.81. The Morgan fingerprint density at radius 1 is 1.13 bits per heavy atom. The lowest BCUT2D eigenvalue weighted by Crippen LogP contribution is -2.40. The lowest BCUT2D eigenvalue weighted by atomic mass is 10.1. The summed E-state index contributed by atoms with van der Waals surface area (Å²) in [4.78, 5) is 15.5. The van der Waals surface area contributed by atoms with Crippen molar-refractivity contribution in [3.05, 3.63) is 53.6 Å². The van der Waals surface area contributed by atoms with Crippen molar-refractivity contribution in [1.29, 1.82) is 0 Å². The van der Waals surface area contributed by atoms with E-state index in [1.165, 1.54) is 23.4 Å². The van der Waals surface area contributed by atoms with Gasteiger partial charge in [-0.1, -0.05) is 25.5 Å². The molecule has 1 saturated heterocycles. The zero-order chi connectivity index (χ0) is 21.6. The Balaban J connectivity index is 1.82. The number of hydrogen-bond donors (Lipinski definition) is 1. The van der Waals surface area contributed by atoms with Gasteiger partial charge in [0.15, 0.2) is 0 Å². The number of hydrogen-bond acceptors (Lipinski definition) is 5. The first-order valence-electron chi connectivity index (χ1n) is 10.1. The number of anilines is 1. The maximum Gasteiger partial charge on any atom is 0.261 e. The number of aryl methyl sites for hydroxylation is 1. The Bertz CT molecular complexity index is 969. The SMILES string of the molecule is CCCCc1ccc(NS(=O)(=O)c2ccc(SC)c(C(=O)N3CCOCC3)c2)cc1. The highest BCUT2D eigenvalue weighted by Crippen LogP contribution is 2.26. The van der Waals surface area contributed by atoms with Crippen LogP contribution in [0.1, 0.15) is 35.7 Å². The van der Waals surface area contributed by atoms with Crippen LogP contribution in [0.3, 0.4) is 0 Å². The van der Waals surface area contributed by atoms with Crippen LogP contribution in [-0.4, -0.2) is 51.8 Å². The molecular weight excluding hydrogens is 420 g/mol. The Kier molecular flexibility index (Phi) is 7.80. The van der Waals surface area contributed by atoms with Gasteiger partial charge in [-0.25, -0.2) is 8.42 Å². The van der Waals surface area contributed by atoms with E-state index in [0.29, 0.717) is 37.6 Å². The van der Waals surface area contributed by atoms with Crippen molar-refractivity contribution in [2.24, 2.45) is 0 Å². The van der Waals surface area contributed by atoms with Crippen LogP contribution < -0.4 is 4.72 Å². The summed E-state index contributed by atoms with van der Waals surface area (Å²) < 4.78 is 33.8. The van der Waals surface area contributed by atoms with Gasteiger partial charge in [0, 0.05) is 23.7 Å². The number of carbonyl (C=O) groups excluding carboxylic acids is 1. The summed E-state index contributed by atoms with van der Waals surface area (Å²) in [5.41, 5.74) is 2.09. The third kappa shape index (κ3) is 5.56. The Morgan fingerprint density at radius 3 is 2.47 bits per heavy atom. The summed E-state index contributed by atoms with van der Waals surface area (Å²) >= 11 is 1.43. The Morgan fingerprint density at radius 2 is 1.83 bits per heavy atom. The van der Waals surface area contributed by atoms with Gasteiger partial charge in [0.25, 0.3) is 15.9 Å². The van der Waals surface area contributed by atoms with Crippen LogP contribution in [0.15, 0.2) is 52.3 Å². The standard InChI is InChI=1S/C22H28N2O4S2/c1-3-4-5-17-6-8-18(9-7-17)23-30(26,27)19-10-11-21(29-2)20(16-19)22(25)24-12-14-28-15-13-24/h6-11,16,23H,3-5,12-15H2,1-2H3. The Hall–Kier alpha value is -2.03. The minimum atomic E-state index is -3.81. The third-order valence-corrected chi connectivity index (χ3v) is 7.21. The molecule has 2 aromatic carbocycles. The van der Waals surface area contributed by atoms with Crippen molar-refractivity contribution in [2.75, 3.05) is 37.3 Å². The lowest BCUT2D eigenvalue weighted by molar-refractivity contribution is 0.0300. The second kappa shape index (κ2) is 10.3. The maximum absolute atomic E-state index is 13.0. The van der Waals surface area contributed by atoms with E-state index in [-0.39, 0.29) is 10.8 Å². The van der Waals surface area contributed by atoms with Gasteiger partial charge >= 0.3 is 0 Å². The van der Waals surface area contributed by atoms with Gasteiger partial charge in [0.2, 0.25) is 0 Å². The molecule has 1 aliphatic rings. The average molecular weight is 449 g/mol. The van der Waals surface area contributed by atoms with Crippen molar-refractivity contribution in [3.8, 4) is 0 Å². The number of rotatable bonds is 8. The van der Waals surface area contributed by atoms with Crippen LogP contribution in [-0.2, 0) is 21.2 Å². The molecule has 1 heterocycles. The molecule has 162 valence electrons. The largest absolute Gasteiger partial charge is 0.378 e. The molecule has 0 unspecified atom stereocenters. The maximum atomic E-state index is 13.0. The molecule has 0 aliphatic carbocycles. The van der Waals surface area contributed by atoms with Crippen molar-refractivity contribution in [1.82, 2.24) is 4.90 Å². The van der Waals surface area contributed by atoms with Crippen LogP contribution in [0, 0.1) is 0 Å². The number of amides is 1. The van der Waals surface area contributed by atoms with E-state index < -0.39 is 10.0 Å². The molecule has 0 atom stereocenters. The third-order valence-electron chi connectivity index (χ3n) is 5.04. The van der Waals surface area contributed by atoms with Crippen LogP contribution in [0.5, 0.6) is 0 Å². The van der Waals surface area contributed by atoms with E-state index in [1.54, 1.807) is 29.2 Å². The molecule has 1 fully saturated rings. The number of benzene rings is 2. The van der Waals surface area contributed by atoms with Crippen LogP contribution in [0.4, 0.5) is 5.69 Å². The van der Waals surface area contributed by atoms with Gasteiger partial charge < -0.3 is 9.64 Å². The number of unbranched alkanes of at least 4 members (excludes halogenated alkanes) is 1. The van der Waals surface area contributed by atoms with Gasteiger partial charge in [0.1, 0.15) is 0 Å². The average Bonchev–Trinajstić information content (AvgIpc) is 2.78. The van der Waals surface area contributed by atoms with Gasteiger partial charge in [-0.15, -0.1) is 11.8 Å². The number of carbonyl (C=O) groups is 1. The molecule has 1 amide bonds. The highest BCUT2D eigenvalue weighted by Gasteiger charge is 2.24. The van der Waals surface area contributed by atoms with E-state index in [2.05, 4.69) is 11.6 Å². The molecule has 1 aliphatic heterocycles. The van der Waals surface area contributed by atoms with E-state index in [1.807, 2.05) is 18.4 Å². The van der Waals surface area contributed by atoms with E-state index in [4.69, 9.17) is 4.74 Å². The lowest BCUT2D eigenvalue weighted by Gasteiger charge is -2.27. The summed E-state index contributed by atoms with van der Waals surface area (Å²) in [5.74, 6) is -0.167. The fourth-order valence-electron chi connectivity index (χ4n) is 3.29. The van der Waals surface area contributed by atoms with Crippen LogP contribution in [0.2, 0.25) is 0 Å². The summed E-state index contributed by atoms with van der Waals surface area (Å²) in [6.07, 6.45) is 5.07. The quantitative estimate of drug-likeness (QED) is 0.617. The number of ether oxygens (including phenoxy) is 1. The minimum Gasteiger partial charge on any atom is -0.378 e. The van der Waals surface area contributed by atoms with Gasteiger partial charge in [0.05, 0.1) is 23.7 Å². The molecule has 0 saturated carbocycles. The summed E-state index contributed by atoms with van der Waals surface area (Å²) in [6.45, 7) is 4.14. The normalized spacial score (nSPS) is 14.5. The fourth-order valence-corrected chi connectivity index (χ4v) is 4.95. The zero-order valence-corrected chi connectivity index (χ0v) is 19.0. The highest BCUT2D eigenvalue weighted by molar-refractivity contribution is 7.98. The molecule has 0 radical (unpaired) electrons. The van der Waals surface area contributed by atoms with E-state index >= 15 is 0 Å².